The van der Waals surface area contributed by atoms with E-state index in [1.165, 1.54) is 4.90 Å². The first-order valence-electron chi connectivity index (χ1n) is 16.8. The average molecular weight is 667 g/mol. The Hall–Kier alpha value is -7.54. The Balaban J connectivity index is 1.28. The van der Waals surface area contributed by atoms with Crippen molar-refractivity contribution in [3.8, 4) is 45.1 Å². The number of benzene rings is 7. The molecule has 0 saturated carbocycles. The van der Waals surface area contributed by atoms with Crippen molar-refractivity contribution in [1.82, 2.24) is 4.57 Å². The lowest BCUT2D eigenvalue weighted by molar-refractivity contribution is 0.0926. The Kier molecular flexibility index (Phi) is 7.10. The minimum Gasteiger partial charge on any atom is -0.308 e. The highest BCUT2D eigenvalue weighted by Crippen LogP contribution is 2.42. The van der Waals surface area contributed by atoms with Gasteiger partial charge < -0.3 is 4.57 Å². The molecule has 0 unspecified atom stereocenters. The second-order valence-electron chi connectivity index (χ2n) is 12.6. The molecule has 1 aliphatic rings. The SMILES string of the molecule is [C-]#[N+]c1ccccc1-c1ccc2c(c1)c1cc(-c3ccccc3C#N)ccc1n2-c1cccc2c1C(=O)N(c1ccccc1-c1ccccc1)C2=O. The highest BCUT2D eigenvalue weighted by Gasteiger charge is 2.40. The van der Waals surface area contributed by atoms with Gasteiger partial charge in [-0.15, -0.1) is 0 Å². The molecule has 242 valence electrons. The molecule has 0 aliphatic carbocycles. The van der Waals surface area contributed by atoms with Gasteiger partial charge in [-0.05, 0) is 76.3 Å². The van der Waals surface area contributed by atoms with Gasteiger partial charge in [0.15, 0.2) is 5.69 Å². The maximum absolute atomic E-state index is 14.6. The molecule has 6 heteroatoms. The van der Waals surface area contributed by atoms with Crippen LogP contribution in [0, 0.1) is 17.9 Å². The van der Waals surface area contributed by atoms with Gasteiger partial charge in [0.2, 0.25) is 0 Å². The third kappa shape index (κ3) is 4.64. The van der Waals surface area contributed by atoms with Crippen LogP contribution in [-0.2, 0) is 0 Å². The molecule has 0 saturated heterocycles. The van der Waals surface area contributed by atoms with Crippen molar-refractivity contribution in [3.63, 3.8) is 0 Å². The van der Waals surface area contributed by atoms with Gasteiger partial charge >= 0.3 is 0 Å². The van der Waals surface area contributed by atoms with Gasteiger partial charge in [-0.2, -0.15) is 5.26 Å². The van der Waals surface area contributed by atoms with Gasteiger partial charge in [-0.25, -0.2) is 9.74 Å². The summed E-state index contributed by atoms with van der Waals surface area (Å²) in [4.78, 5) is 33.9. The first kappa shape index (κ1) is 30.5. The van der Waals surface area contributed by atoms with E-state index in [2.05, 4.69) is 23.0 Å². The molecule has 2 heterocycles. The van der Waals surface area contributed by atoms with Crippen LogP contribution in [-0.4, -0.2) is 16.4 Å². The summed E-state index contributed by atoms with van der Waals surface area (Å²) >= 11 is 0. The Morgan fingerprint density at radius 1 is 0.519 bits per heavy atom. The monoisotopic (exact) mass is 666 g/mol. The first-order chi connectivity index (χ1) is 25.6. The van der Waals surface area contributed by atoms with Crippen molar-refractivity contribution in [2.75, 3.05) is 4.90 Å². The van der Waals surface area contributed by atoms with Gasteiger partial charge in [0, 0.05) is 16.3 Å². The minimum atomic E-state index is -0.392. The Morgan fingerprint density at radius 3 is 1.81 bits per heavy atom. The molecule has 0 radical (unpaired) electrons. The van der Waals surface area contributed by atoms with Crippen LogP contribution in [0.2, 0.25) is 0 Å². The lowest BCUT2D eigenvalue weighted by atomic mass is 9.97. The summed E-state index contributed by atoms with van der Waals surface area (Å²) in [7, 11) is 0. The molecule has 1 aromatic heterocycles. The summed E-state index contributed by atoms with van der Waals surface area (Å²) in [6.07, 6.45) is 0. The van der Waals surface area contributed by atoms with Crippen LogP contribution in [0.5, 0.6) is 0 Å². The second-order valence-corrected chi connectivity index (χ2v) is 12.6. The van der Waals surface area contributed by atoms with Crippen molar-refractivity contribution in [2.45, 2.75) is 0 Å². The van der Waals surface area contributed by atoms with Crippen LogP contribution in [0.15, 0.2) is 158 Å². The van der Waals surface area contributed by atoms with Crippen molar-refractivity contribution >= 4 is 45.0 Å². The summed E-state index contributed by atoms with van der Waals surface area (Å²) < 4.78 is 2.05. The fourth-order valence-electron chi connectivity index (χ4n) is 7.47. The van der Waals surface area contributed by atoms with Crippen molar-refractivity contribution in [2.24, 2.45) is 0 Å². The van der Waals surface area contributed by atoms with E-state index in [0.717, 1.165) is 55.2 Å². The van der Waals surface area contributed by atoms with E-state index in [1.54, 1.807) is 12.1 Å². The number of para-hydroxylation sites is 2. The molecule has 1 aliphatic heterocycles. The molecule has 52 heavy (non-hydrogen) atoms. The first-order valence-corrected chi connectivity index (χ1v) is 16.8. The summed E-state index contributed by atoms with van der Waals surface area (Å²) in [5, 5.41) is 11.7. The molecule has 6 nitrogen and oxygen atoms in total. The maximum atomic E-state index is 14.6. The summed E-state index contributed by atoms with van der Waals surface area (Å²) in [6.45, 7) is 7.78. The highest BCUT2D eigenvalue weighted by atomic mass is 16.2. The van der Waals surface area contributed by atoms with E-state index in [9.17, 15) is 14.9 Å². The largest absolute Gasteiger partial charge is 0.308 e. The fraction of sp³-hybridized carbons (Fsp3) is 0. The predicted molar refractivity (Wildman–Crippen MR) is 206 cm³/mol. The normalized spacial score (nSPS) is 12.2. The summed E-state index contributed by atoms with van der Waals surface area (Å²) in [5.74, 6) is -0.768. The van der Waals surface area contributed by atoms with Crippen molar-refractivity contribution in [3.05, 3.63) is 186 Å². The topological polar surface area (TPSA) is 70.5 Å². The zero-order valence-electron chi connectivity index (χ0n) is 27.6. The van der Waals surface area contributed by atoms with Crippen LogP contribution in [0.4, 0.5) is 11.4 Å². The Bertz CT molecular complexity index is 2760. The molecule has 0 N–H and O–H groups in total. The highest BCUT2D eigenvalue weighted by molar-refractivity contribution is 6.36. The number of fused-ring (bicyclic) bond motifs is 4. The van der Waals surface area contributed by atoms with E-state index in [1.807, 2.05) is 138 Å². The van der Waals surface area contributed by atoms with Gasteiger partial charge in [0.05, 0.1) is 51.7 Å². The molecule has 7 aromatic carbocycles. The number of carbonyl (C=O) groups excluding carboxylic acids is 2. The van der Waals surface area contributed by atoms with Crippen LogP contribution in [0.25, 0.3) is 65.7 Å². The second kappa shape index (κ2) is 12.1. The average Bonchev–Trinajstić information content (AvgIpc) is 3.67. The van der Waals surface area contributed by atoms with E-state index in [0.29, 0.717) is 33.8 Å². The number of hydrogen-bond donors (Lipinski definition) is 0. The number of carbonyl (C=O) groups is 2. The number of rotatable bonds is 5. The number of anilines is 1. The summed E-state index contributed by atoms with van der Waals surface area (Å²) in [5.41, 5.74) is 9.66. The number of nitriles is 1. The number of amides is 2. The lowest BCUT2D eigenvalue weighted by Gasteiger charge is -2.18. The number of nitrogens with zero attached hydrogens (tertiary/aromatic N) is 4. The molecule has 0 fully saturated rings. The smallest absolute Gasteiger partial charge is 0.268 e. The molecule has 8 aromatic rings. The van der Waals surface area contributed by atoms with Crippen molar-refractivity contribution < 1.29 is 9.59 Å². The molecular formula is C46H26N4O2. The summed E-state index contributed by atoms with van der Waals surface area (Å²) in [6, 6.07) is 52.2. The molecular weight excluding hydrogens is 641 g/mol. The van der Waals surface area contributed by atoms with E-state index in [-0.39, 0.29) is 5.91 Å². The van der Waals surface area contributed by atoms with Crippen LogP contribution in [0.1, 0.15) is 26.3 Å². The standard InChI is InChI=1S/C46H26N4O2/c1-48-39-19-9-7-16-34(39)31-23-25-42-38(27-31)37-26-30(33-15-6-5-14-32(33)28-47)22-24-41(37)49(42)43-21-11-18-36-44(43)46(52)50(45(36)51)40-20-10-8-17-35(40)29-12-3-2-4-13-29/h2-27H. The van der Waals surface area contributed by atoms with Gasteiger partial charge in [-0.1, -0.05) is 109 Å². The van der Waals surface area contributed by atoms with Gasteiger partial charge in [0.25, 0.3) is 11.8 Å². The molecule has 0 spiro atoms. The van der Waals surface area contributed by atoms with E-state index in [4.69, 9.17) is 6.57 Å². The Labute approximate surface area is 299 Å². The molecule has 0 bridgehead atoms. The third-order valence-electron chi connectivity index (χ3n) is 9.82. The maximum Gasteiger partial charge on any atom is 0.268 e. The van der Waals surface area contributed by atoms with Gasteiger partial charge in [-0.3, -0.25) is 9.59 Å². The molecule has 0 atom stereocenters. The lowest BCUT2D eigenvalue weighted by Crippen LogP contribution is -2.30. The van der Waals surface area contributed by atoms with Crippen LogP contribution >= 0.6 is 0 Å². The number of aromatic nitrogens is 1. The third-order valence-corrected chi connectivity index (χ3v) is 9.82. The molecule has 2 amide bonds. The zero-order chi connectivity index (χ0) is 35.3. The van der Waals surface area contributed by atoms with Crippen molar-refractivity contribution in [1.29, 1.82) is 5.26 Å². The van der Waals surface area contributed by atoms with Gasteiger partial charge in [0.1, 0.15) is 0 Å². The molecule has 9 rings (SSSR count). The number of hydrogen-bond acceptors (Lipinski definition) is 3. The Morgan fingerprint density at radius 2 is 1.10 bits per heavy atom. The van der Waals surface area contributed by atoms with E-state index < -0.39 is 5.91 Å². The van der Waals surface area contributed by atoms with Crippen LogP contribution in [0.3, 0.4) is 0 Å². The quantitative estimate of drug-likeness (QED) is 0.136. The van der Waals surface area contributed by atoms with Crippen LogP contribution < -0.4 is 4.90 Å². The minimum absolute atomic E-state index is 0.329. The predicted octanol–water partition coefficient (Wildman–Crippen LogP) is 11.0. The number of imide groups is 1. The van der Waals surface area contributed by atoms with E-state index >= 15 is 0 Å². The zero-order valence-corrected chi connectivity index (χ0v) is 27.6. The fourth-order valence-corrected chi connectivity index (χ4v) is 7.47.